The largest absolute Gasteiger partial charge is 0.351 e. The molecule has 2 N–H and O–H groups in total. The molecule has 4 rings (SSSR count). The van der Waals surface area contributed by atoms with Gasteiger partial charge in [-0.2, -0.15) is 5.10 Å². The lowest BCUT2D eigenvalue weighted by Gasteiger charge is -2.30. The number of rotatable bonds is 5. The Bertz CT molecular complexity index is 987. The second kappa shape index (κ2) is 8.30. The first-order valence-corrected chi connectivity index (χ1v) is 9.79. The first-order chi connectivity index (χ1) is 14.1. The fourth-order valence-electron chi connectivity index (χ4n) is 3.51. The van der Waals surface area contributed by atoms with Gasteiger partial charge in [0, 0.05) is 42.5 Å². The molecular formula is C21H23N5O3. The lowest BCUT2D eigenvalue weighted by atomic mass is 9.95. The van der Waals surface area contributed by atoms with Crippen molar-refractivity contribution in [2.45, 2.75) is 26.2 Å². The van der Waals surface area contributed by atoms with E-state index in [0.717, 1.165) is 29.1 Å². The number of aryl methyl sites for hydroxylation is 1. The number of piperidine rings is 1. The summed E-state index contributed by atoms with van der Waals surface area (Å²) in [5, 5.41) is 13.7. The highest BCUT2D eigenvalue weighted by Crippen LogP contribution is 2.24. The molecule has 0 aliphatic carbocycles. The summed E-state index contributed by atoms with van der Waals surface area (Å²) in [4.78, 5) is 26.9. The van der Waals surface area contributed by atoms with Gasteiger partial charge in [-0.05, 0) is 37.5 Å². The summed E-state index contributed by atoms with van der Waals surface area (Å²) in [6.45, 7) is 3.00. The average molecular weight is 393 g/mol. The van der Waals surface area contributed by atoms with Crippen LogP contribution in [0.15, 0.2) is 47.1 Å². The van der Waals surface area contributed by atoms with Gasteiger partial charge in [0.25, 0.3) is 5.91 Å². The van der Waals surface area contributed by atoms with Crippen molar-refractivity contribution in [3.05, 3.63) is 54.0 Å². The van der Waals surface area contributed by atoms with Gasteiger partial charge in [0.05, 0.1) is 11.4 Å². The van der Waals surface area contributed by atoms with E-state index in [2.05, 4.69) is 20.7 Å². The molecular weight excluding hydrogens is 370 g/mol. The molecule has 2 amide bonds. The molecule has 1 aromatic carbocycles. The van der Waals surface area contributed by atoms with E-state index in [9.17, 15) is 9.59 Å². The van der Waals surface area contributed by atoms with Crippen LogP contribution in [-0.4, -0.2) is 45.2 Å². The van der Waals surface area contributed by atoms with E-state index in [0.29, 0.717) is 25.9 Å². The fraction of sp³-hybridized carbons (Fsp3) is 0.333. The van der Waals surface area contributed by atoms with Crippen molar-refractivity contribution in [3.8, 4) is 11.3 Å². The van der Waals surface area contributed by atoms with Gasteiger partial charge in [-0.15, -0.1) is 0 Å². The molecule has 1 fully saturated rings. The first-order valence-electron chi connectivity index (χ1n) is 9.79. The topological polar surface area (TPSA) is 104 Å². The number of hydrogen-bond donors (Lipinski definition) is 2. The lowest BCUT2D eigenvalue weighted by molar-refractivity contribution is -0.121. The standard InChI is InChI=1S/C21H23N5O3/c1-2-16-13-19(29-25-16)21(28)26-10-7-14(8-11-26)20(27)23-17-5-3-4-15(12-17)18-6-9-22-24-18/h3-6,9,12-14H,2,7-8,10-11H2,1H3,(H,22,24)(H,23,27). The molecule has 1 saturated heterocycles. The van der Waals surface area contributed by atoms with Gasteiger partial charge in [-0.25, -0.2) is 0 Å². The summed E-state index contributed by atoms with van der Waals surface area (Å²) in [6.07, 6.45) is 3.65. The van der Waals surface area contributed by atoms with Gasteiger partial charge in [0.2, 0.25) is 11.7 Å². The number of likely N-dealkylation sites (tertiary alicyclic amines) is 1. The Labute approximate surface area is 168 Å². The van der Waals surface area contributed by atoms with Crippen molar-refractivity contribution in [1.29, 1.82) is 0 Å². The van der Waals surface area contributed by atoms with E-state index in [4.69, 9.17) is 4.52 Å². The minimum absolute atomic E-state index is 0.0215. The zero-order valence-electron chi connectivity index (χ0n) is 16.2. The maximum Gasteiger partial charge on any atom is 0.292 e. The number of benzene rings is 1. The number of aromatic amines is 1. The Morgan fingerprint density at radius 1 is 1.24 bits per heavy atom. The smallest absolute Gasteiger partial charge is 0.292 e. The van der Waals surface area contributed by atoms with Crippen LogP contribution in [0.1, 0.15) is 36.0 Å². The molecule has 0 unspecified atom stereocenters. The quantitative estimate of drug-likeness (QED) is 0.693. The van der Waals surface area contributed by atoms with E-state index in [1.54, 1.807) is 17.2 Å². The Kier molecular flexibility index (Phi) is 5.41. The van der Waals surface area contributed by atoms with Crippen molar-refractivity contribution in [2.24, 2.45) is 5.92 Å². The van der Waals surface area contributed by atoms with Crippen molar-refractivity contribution < 1.29 is 14.1 Å². The minimum atomic E-state index is -0.164. The average Bonchev–Trinajstić information content (AvgIpc) is 3.45. The van der Waals surface area contributed by atoms with Gasteiger partial charge in [-0.1, -0.05) is 24.2 Å². The van der Waals surface area contributed by atoms with E-state index in [1.165, 1.54) is 0 Å². The third-order valence-electron chi connectivity index (χ3n) is 5.23. The molecule has 0 saturated carbocycles. The number of H-pyrrole nitrogens is 1. The first kappa shape index (κ1) is 18.9. The highest BCUT2D eigenvalue weighted by atomic mass is 16.5. The number of nitrogens with one attached hydrogen (secondary N) is 2. The summed E-state index contributed by atoms with van der Waals surface area (Å²) in [5.74, 6) is -0.0497. The Morgan fingerprint density at radius 2 is 2.07 bits per heavy atom. The molecule has 29 heavy (non-hydrogen) atoms. The molecule has 1 aliphatic rings. The van der Waals surface area contributed by atoms with Gasteiger partial charge in [0.1, 0.15) is 0 Å². The Hall–Kier alpha value is -3.42. The van der Waals surface area contributed by atoms with Crippen molar-refractivity contribution >= 4 is 17.5 Å². The molecule has 3 heterocycles. The molecule has 3 aromatic rings. The van der Waals surface area contributed by atoms with E-state index in [-0.39, 0.29) is 23.5 Å². The van der Waals surface area contributed by atoms with Crippen LogP contribution in [0, 0.1) is 5.92 Å². The zero-order chi connectivity index (χ0) is 20.2. The number of amides is 2. The number of carbonyl (C=O) groups is 2. The maximum atomic E-state index is 12.7. The molecule has 150 valence electrons. The third kappa shape index (κ3) is 4.21. The number of carbonyl (C=O) groups excluding carboxylic acids is 2. The summed E-state index contributed by atoms with van der Waals surface area (Å²) in [6, 6.07) is 11.2. The van der Waals surface area contributed by atoms with Crippen LogP contribution >= 0.6 is 0 Å². The normalized spacial score (nSPS) is 14.7. The van der Waals surface area contributed by atoms with Crippen LogP contribution in [0.2, 0.25) is 0 Å². The monoisotopic (exact) mass is 393 g/mol. The fourth-order valence-corrected chi connectivity index (χ4v) is 3.51. The third-order valence-corrected chi connectivity index (χ3v) is 5.23. The molecule has 8 nitrogen and oxygen atoms in total. The molecule has 0 spiro atoms. The van der Waals surface area contributed by atoms with Gasteiger partial charge in [-0.3, -0.25) is 14.7 Å². The summed E-state index contributed by atoms with van der Waals surface area (Å²) < 4.78 is 5.14. The van der Waals surface area contributed by atoms with Crippen LogP contribution in [0.5, 0.6) is 0 Å². The summed E-state index contributed by atoms with van der Waals surface area (Å²) in [5.41, 5.74) is 3.36. The van der Waals surface area contributed by atoms with Crippen LogP contribution in [0.3, 0.4) is 0 Å². The van der Waals surface area contributed by atoms with E-state index < -0.39 is 0 Å². The lowest BCUT2D eigenvalue weighted by Crippen LogP contribution is -2.41. The van der Waals surface area contributed by atoms with E-state index >= 15 is 0 Å². The summed E-state index contributed by atoms with van der Waals surface area (Å²) >= 11 is 0. The number of hydrogen-bond acceptors (Lipinski definition) is 5. The highest BCUT2D eigenvalue weighted by molar-refractivity contribution is 5.94. The Morgan fingerprint density at radius 3 is 2.76 bits per heavy atom. The zero-order valence-corrected chi connectivity index (χ0v) is 16.2. The highest BCUT2D eigenvalue weighted by Gasteiger charge is 2.29. The van der Waals surface area contributed by atoms with Crippen LogP contribution in [0.4, 0.5) is 5.69 Å². The molecule has 1 aliphatic heterocycles. The Balaban J connectivity index is 1.33. The number of nitrogens with zero attached hydrogens (tertiary/aromatic N) is 3. The van der Waals surface area contributed by atoms with Crippen molar-refractivity contribution in [1.82, 2.24) is 20.3 Å². The predicted molar refractivity (Wildman–Crippen MR) is 107 cm³/mol. The number of aromatic nitrogens is 3. The van der Waals surface area contributed by atoms with E-state index in [1.807, 2.05) is 37.3 Å². The SMILES string of the molecule is CCc1cc(C(=O)N2CCC(C(=O)Nc3cccc(-c4ccn[nH]4)c3)CC2)on1. The van der Waals surface area contributed by atoms with Crippen molar-refractivity contribution in [2.75, 3.05) is 18.4 Å². The van der Waals surface area contributed by atoms with Crippen LogP contribution in [-0.2, 0) is 11.2 Å². The molecule has 0 bridgehead atoms. The predicted octanol–water partition coefficient (Wildman–Crippen LogP) is 3.12. The van der Waals surface area contributed by atoms with Gasteiger partial charge < -0.3 is 14.7 Å². The second-order valence-electron chi connectivity index (χ2n) is 7.14. The minimum Gasteiger partial charge on any atom is -0.351 e. The molecule has 8 heteroatoms. The summed E-state index contributed by atoms with van der Waals surface area (Å²) in [7, 11) is 0. The van der Waals surface area contributed by atoms with Crippen LogP contribution in [0.25, 0.3) is 11.3 Å². The maximum absolute atomic E-state index is 12.7. The van der Waals surface area contributed by atoms with Gasteiger partial charge in [0.15, 0.2) is 0 Å². The molecule has 0 radical (unpaired) electrons. The second-order valence-corrected chi connectivity index (χ2v) is 7.14. The molecule has 0 atom stereocenters. The van der Waals surface area contributed by atoms with Crippen molar-refractivity contribution in [3.63, 3.8) is 0 Å². The number of anilines is 1. The van der Waals surface area contributed by atoms with Gasteiger partial charge >= 0.3 is 0 Å². The van der Waals surface area contributed by atoms with Crippen LogP contribution < -0.4 is 5.32 Å². The molecule has 2 aromatic heterocycles.